The van der Waals surface area contributed by atoms with Crippen LogP contribution in [0.5, 0.6) is 0 Å². The Bertz CT molecular complexity index is 1060. The van der Waals surface area contributed by atoms with Gasteiger partial charge in [0, 0.05) is 16.6 Å². The molecule has 2 heterocycles. The van der Waals surface area contributed by atoms with Crippen LogP contribution in [0, 0.1) is 6.92 Å². The number of rotatable bonds is 8. The van der Waals surface area contributed by atoms with Crippen molar-refractivity contribution >= 4 is 40.9 Å². The van der Waals surface area contributed by atoms with Gasteiger partial charge in [-0.3, -0.25) is 9.36 Å². The van der Waals surface area contributed by atoms with Gasteiger partial charge in [0.05, 0.1) is 23.1 Å². The monoisotopic (exact) mass is 464 g/mol. The number of allylic oxidation sites excluding steroid dienone is 1. The largest absolute Gasteiger partial charge is 0.469 e. The molecule has 1 amide bonds. The molecule has 1 aromatic carbocycles. The highest BCUT2D eigenvalue weighted by molar-refractivity contribution is 8.00. The summed E-state index contributed by atoms with van der Waals surface area (Å²) in [4.78, 5) is 12.8. The first-order chi connectivity index (χ1) is 14.3. The Hall–Kier alpha value is -2.22. The van der Waals surface area contributed by atoms with Crippen LogP contribution in [0.15, 0.2) is 52.8 Å². The molecule has 0 spiro atoms. The molecule has 9 heteroatoms. The molecule has 3 rings (SSSR count). The van der Waals surface area contributed by atoms with Crippen LogP contribution in [0.3, 0.4) is 0 Å². The summed E-state index contributed by atoms with van der Waals surface area (Å²) in [5.41, 5.74) is 1.67. The van der Waals surface area contributed by atoms with Gasteiger partial charge in [0.2, 0.25) is 5.91 Å². The molecule has 0 bridgehead atoms. The molecule has 6 nitrogen and oxygen atoms in total. The number of carbonyl (C=O) groups excluding carboxylic acids is 1. The minimum Gasteiger partial charge on any atom is -0.469 e. The number of nitrogens with one attached hydrogen (secondary N) is 1. The fourth-order valence-electron chi connectivity index (χ4n) is 2.96. The topological polar surface area (TPSA) is 73.0 Å². The van der Waals surface area contributed by atoms with Crippen molar-refractivity contribution in [2.45, 2.75) is 43.8 Å². The molecular formula is C21H22Cl2N4O2S. The Morgan fingerprint density at radius 3 is 2.73 bits per heavy atom. The number of carbonyl (C=O) groups is 1. The molecule has 0 aliphatic rings. The average Bonchev–Trinajstić information content (AvgIpc) is 3.28. The maximum absolute atomic E-state index is 12.8. The zero-order valence-electron chi connectivity index (χ0n) is 16.9. The molecule has 0 unspecified atom stereocenters. The second-order valence-corrected chi connectivity index (χ2v) is 8.90. The lowest BCUT2D eigenvalue weighted by Crippen LogP contribution is -2.33. The van der Waals surface area contributed by atoms with Crippen LogP contribution in [0.1, 0.15) is 31.2 Å². The highest BCUT2D eigenvalue weighted by Crippen LogP contribution is 2.30. The van der Waals surface area contributed by atoms with E-state index in [1.54, 1.807) is 24.5 Å². The van der Waals surface area contributed by atoms with E-state index in [4.69, 9.17) is 27.6 Å². The van der Waals surface area contributed by atoms with Crippen LogP contribution >= 0.6 is 35.0 Å². The molecule has 30 heavy (non-hydrogen) atoms. The van der Waals surface area contributed by atoms with Crippen molar-refractivity contribution in [1.29, 1.82) is 0 Å². The quantitative estimate of drug-likeness (QED) is 0.341. The van der Waals surface area contributed by atoms with Crippen LogP contribution in [-0.2, 0) is 11.3 Å². The first kappa shape index (κ1) is 22.5. The van der Waals surface area contributed by atoms with E-state index < -0.39 is 5.25 Å². The van der Waals surface area contributed by atoms with Gasteiger partial charge in [-0.15, -0.1) is 16.8 Å². The van der Waals surface area contributed by atoms with E-state index in [2.05, 4.69) is 22.1 Å². The van der Waals surface area contributed by atoms with Gasteiger partial charge in [-0.1, -0.05) is 47.1 Å². The van der Waals surface area contributed by atoms with Crippen molar-refractivity contribution in [2.75, 3.05) is 0 Å². The van der Waals surface area contributed by atoms with Gasteiger partial charge in [-0.05, 0) is 44.5 Å². The summed E-state index contributed by atoms with van der Waals surface area (Å²) in [6.45, 7) is 9.90. The van der Waals surface area contributed by atoms with Gasteiger partial charge in [0.25, 0.3) is 0 Å². The third-order valence-electron chi connectivity index (χ3n) is 4.57. The van der Waals surface area contributed by atoms with Gasteiger partial charge in [0.1, 0.15) is 5.76 Å². The normalized spacial score (nSPS) is 13.1. The minimum absolute atomic E-state index is 0.132. The lowest BCUT2D eigenvalue weighted by Gasteiger charge is -2.19. The molecule has 0 aliphatic carbocycles. The van der Waals surface area contributed by atoms with E-state index in [9.17, 15) is 4.79 Å². The number of benzene rings is 1. The highest BCUT2D eigenvalue weighted by Gasteiger charge is 2.23. The van der Waals surface area contributed by atoms with Crippen LogP contribution in [0.4, 0.5) is 0 Å². The van der Waals surface area contributed by atoms with E-state index in [1.807, 2.05) is 37.5 Å². The van der Waals surface area contributed by atoms with Crippen molar-refractivity contribution in [3.63, 3.8) is 0 Å². The Labute approximate surface area is 189 Å². The number of nitrogens with zero attached hydrogens (tertiary/aromatic N) is 3. The van der Waals surface area contributed by atoms with Crippen molar-refractivity contribution in [2.24, 2.45) is 0 Å². The predicted molar refractivity (Wildman–Crippen MR) is 121 cm³/mol. The van der Waals surface area contributed by atoms with E-state index in [1.165, 1.54) is 11.8 Å². The minimum atomic E-state index is -0.399. The summed E-state index contributed by atoms with van der Waals surface area (Å²) in [5, 5.41) is 12.9. The Kier molecular flexibility index (Phi) is 7.28. The number of hydrogen-bond donors (Lipinski definition) is 1. The number of halogens is 2. The zero-order chi connectivity index (χ0) is 21.8. The van der Waals surface area contributed by atoms with Crippen molar-refractivity contribution in [3.8, 4) is 11.4 Å². The van der Waals surface area contributed by atoms with Crippen LogP contribution in [-0.4, -0.2) is 25.9 Å². The summed E-state index contributed by atoms with van der Waals surface area (Å²) in [5.74, 6) is 1.30. The smallest absolute Gasteiger partial charge is 0.233 e. The van der Waals surface area contributed by atoms with Gasteiger partial charge < -0.3 is 9.73 Å². The molecule has 158 valence electrons. The third-order valence-corrected chi connectivity index (χ3v) is 6.21. The maximum Gasteiger partial charge on any atom is 0.233 e. The summed E-state index contributed by atoms with van der Waals surface area (Å²) in [7, 11) is 0. The first-order valence-corrected chi connectivity index (χ1v) is 11.0. The standard InChI is InChI=1S/C21H22Cl2N4O2S/c1-5-9-27-19(17-8-10-29-13(17)3)25-26-21(27)30-14(4)20(28)24-12(2)16-7-6-15(22)11-18(16)23/h5-8,10-12,14H,1,9H2,2-4H3,(H,24,28)/t12-,14+/m0/s1. The molecule has 0 radical (unpaired) electrons. The lowest BCUT2D eigenvalue weighted by molar-refractivity contribution is -0.120. The molecular weight excluding hydrogens is 443 g/mol. The molecule has 1 N–H and O–H groups in total. The molecule has 2 atom stereocenters. The third kappa shape index (κ3) is 4.91. The van der Waals surface area contributed by atoms with Gasteiger partial charge in [-0.25, -0.2) is 0 Å². The summed E-state index contributed by atoms with van der Waals surface area (Å²) in [6.07, 6.45) is 3.38. The van der Waals surface area contributed by atoms with Gasteiger partial charge in [0.15, 0.2) is 11.0 Å². The number of aryl methyl sites for hydroxylation is 1. The second-order valence-electron chi connectivity index (χ2n) is 6.75. The summed E-state index contributed by atoms with van der Waals surface area (Å²) in [6, 6.07) is 6.81. The van der Waals surface area contributed by atoms with Gasteiger partial charge >= 0.3 is 0 Å². The van der Waals surface area contributed by atoms with E-state index in [0.717, 1.165) is 16.9 Å². The van der Waals surface area contributed by atoms with Gasteiger partial charge in [-0.2, -0.15) is 0 Å². The van der Waals surface area contributed by atoms with Crippen molar-refractivity contribution in [1.82, 2.24) is 20.1 Å². The Balaban J connectivity index is 1.74. The van der Waals surface area contributed by atoms with Crippen molar-refractivity contribution in [3.05, 3.63) is 64.6 Å². The summed E-state index contributed by atoms with van der Waals surface area (Å²) < 4.78 is 7.30. The number of amides is 1. The molecule has 0 fully saturated rings. The fraction of sp³-hybridized carbons (Fsp3) is 0.286. The number of thioether (sulfide) groups is 1. The highest BCUT2D eigenvalue weighted by atomic mass is 35.5. The van der Waals surface area contributed by atoms with Crippen LogP contribution in [0.25, 0.3) is 11.4 Å². The summed E-state index contributed by atoms with van der Waals surface area (Å²) >= 11 is 13.5. The Morgan fingerprint density at radius 2 is 2.10 bits per heavy atom. The first-order valence-electron chi connectivity index (χ1n) is 9.32. The van der Waals surface area contributed by atoms with E-state index >= 15 is 0 Å². The average molecular weight is 465 g/mol. The number of hydrogen-bond acceptors (Lipinski definition) is 5. The lowest BCUT2D eigenvalue weighted by atomic mass is 10.1. The second kappa shape index (κ2) is 9.73. The zero-order valence-corrected chi connectivity index (χ0v) is 19.2. The predicted octanol–water partition coefficient (Wildman–Crippen LogP) is 5.70. The van der Waals surface area contributed by atoms with E-state index in [-0.39, 0.29) is 11.9 Å². The molecule has 2 aromatic heterocycles. The van der Waals surface area contributed by atoms with Crippen LogP contribution in [0.2, 0.25) is 10.0 Å². The Morgan fingerprint density at radius 1 is 1.33 bits per heavy atom. The number of aromatic nitrogens is 3. The number of furan rings is 1. The maximum atomic E-state index is 12.8. The molecule has 3 aromatic rings. The SMILES string of the molecule is C=CCn1c(S[C@H](C)C(=O)N[C@@H](C)c2ccc(Cl)cc2Cl)nnc1-c1ccoc1C. The van der Waals surface area contributed by atoms with Crippen molar-refractivity contribution < 1.29 is 9.21 Å². The molecule has 0 saturated carbocycles. The fourth-order valence-corrected chi connectivity index (χ4v) is 4.40. The van der Waals surface area contributed by atoms with Crippen LogP contribution < -0.4 is 5.32 Å². The molecule has 0 saturated heterocycles. The van der Waals surface area contributed by atoms with E-state index in [0.29, 0.717) is 27.6 Å². The molecule has 0 aliphatic heterocycles.